The zero-order chi connectivity index (χ0) is 20.4. The number of amides is 1. The lowest BCUT2D eigenvalue weighted by Crippen LogP contribution is -2.14. The highest BCUT2D eigenvalue weighted by Gasteiger charge is 2.13. The van der Waals surface area contributed by atoms with Gasteiger partial charge in [0.25, 0.3) is 5.91 Å². The number of anilines is 1. The molecule has 2 heterocycles. The van der Waals surface area contributed by atoms with Crippen LogP contribution in [0.5, 0.6) is 0 Å². The first-order valence-corrected chi connectivity index (χ1v) is 9.15. The second kappa shape index (κ2) is 7.67. The molecule has 0 unspecified atom stereocenters. The number of aryl methyl sites for hydroxylation is 2. The SMILES string of the molecule is Cc1ccccc1-c1cc(-c2ccc(NC(=O)c3ccccc3F)nc2)n(C)n1. The van der Waals surface area contributed by atoms with E-state index in [0.29, 0.717) is 5.82 Å². The largest absolute Gasteiger partial charge is 0.306 e. The quantitative estimate of drug-likeness (QED) is 0.545. The number of hydrogen-bond acceptors (Lipinski definition) is 3. The Labute approximate surface area is 167 Å². The molecule has 2 aromatic carbocycles. The summed E-state index contributed by atoms with van der Waals surface area (Å²) in [6.07, 6.45) is 1.66. The number of rotatable bonds is 4. The Bertz CT molecular complexity index is 1180. The summed E-state index contributed by atoms with van der Waals surface area (Å²) in [5.74, 6) is -0.755. The lowest BCUT2D eigenvalue weighted by molar-refractivity contribution is 0.102. The fraction of sp³-hybridized carbons (Fsp3) is 0.0870. The topological polar surface area (TPSA) is 59.8 Å². The summed E-state index contributed by atoms with van der Waals surface area (Å²) >= 11 is 0. The monoisotopic (exact) mass is 386 g/mol. The van der Waals surface area contributed by atoms with E-state index in [0.717, 1.165) is 28.1 Å². The third-order valence-corrected chi connectivity index (χ3v) is 4.72. The van der Waals surface area contributed by atoms with E-state index in [2.05, 4.69) is 28.4 Å². The number of carbonyl (C=O) groups is 1. The third-order valence-electron chi connectivity index (χ3n) is 4.72. The highest BCUT2D eigenvalue weighted by Crippen LogP contribution is 2.27. The molecule has 144 valence electrons. The maximum atomic E-state index is 13.8. The van der Waals surface area contributed by atoms with Crippen molar-refractivity contribution < 1.29 is 9.18 Å². The molecule has 0 saturated heterocycles. The van der Waals surface area contributed by atoms with Crippen molar-refractivity contribution in [1.29, 1.82) is 0 Å². The van der Waals surface area contributed by atoms with E-state index in [9.17, 15) is 9.18 Å². The van der Waals surface area contributed by atoms with Crippen molar-refractivity contribution in [1.82, 2.24) is 14.8 Å². The average molecular weight is 386 g/mol. The normalized spacial score (nSPS) is 10.7. The summed E-state index contributed by atoms with van der Waals surface area (Å²) in [5.41, 5.74) is 4.87. The van der Waals surface area contributed by atoms with Crippen LogP contribution in [-0.2, 0) is 7.05 Å². The van der Waals surface area contributed by atoms with Gasteiger partial charge in [-0.05, 0) is 42.8 Å². The van der Waals surface area contributed by atoms with Crippen molar-refractivity contribution in [3.8, 4) is 22.5 Å². The van der Waals surface area contributed by atoms with Gasteiger partial charge in [0.1, 0.15) is 11.6 Å². The van der Waals surface area contributed by atoms with Gasteiger partial charge in [-0.15, -0.1) is 0 Å². The summed E-state index contributed by atoms with van der Waals surface area (Å²) in [7, 11) is 1.88. The minimum atomic E-state index is -0.569. The lowest BCUT2D eigenvalue weighted by Gasteiger charge is -2.06. The molecule has 0 aliphatic heterocycles. The number of aromatic nitrogens is 3. The van der Waals surface area contributed by atoms with Gasteiger partial charge in [-0.3, -0.25) is 9.48 Å². The molecule has 4 rings (SSSR count). The summed E-state index contributed by atoms with van der Waals surface area (Å²) in [6, 6.07) is 19.5. The number of nitrogens with zero attached hydrogens (tertiary/aromatic N) is 3. The van der Waals surface area contributed by atoms with Crippen LogP contribution in [-0.4, -0.2) is 20.7 Å². The fourth-order valence-corrected chi connectivity index (χ4v) is 3.18. The maximum absolute atomic E-state index is 13.8. The van der Waals surface area contributed by atoms with Gasteiger partial charge in [0.05, 0.1) is 17.0 Å². The number of pyridine rings is 1. The third kappa shape index (κ3) is 3.78. The van der Waals surface area contributed by atoms with Gasteiger partial charge in [0.2, 0.25) is 0 Å². The molecule has 0 aliphatic rings. The van der Waals surface area contributed by atoms with Crippen LogP contribution in [0.4, 0.5) is 10.2 Å². The number of hydrogen-bond donors (Lipinski definition) is 1. The van der Waals surface area contributed by atoms with Gasteiger partial charge in [0, 0.05) is 24.4 Å². The Balaban J connectivity index is 1.56. The summed E-state index contributed by atoms with van der Waals surface area (Å²) in [6.45, 7) is 2.05. The minimum absolute atomic E-state index is 0.0205. The molecule has 1 amide bonds. The van der Waals surface area contributed by atoms with Crippen molar-refractivity contribution in [2.24, 2.45) is 7.05 Å². The van der Waals surface area contributed by atoms with Gasteiger partial charge >= 0.3 is 0 Å². The Morgan fingerprint density at radius 1 is 1.03 bits per heavy atom. The summed E-state index contributed by atoms with van der Waals surface area (Å²) < 4.78 is 15.6. The van der Waals surface area contributed by atoms with Crippen molar-refractivity contribution in [3.63, 3.8) is 0 Å². The molecular formula is C23H19FN4O. The Morgan fingerprint density at radius 3 is 2.52 bits per heavy atom. The minimum Gasteiger partial charge on any atom is -0.306 e. The highest BCUT2D eigenvalue weighted by atomic mass is 19.1. The van der Waals surface area contributed by atoms with Crippen LogP contribution in [0.2, 0.25) is 0 Å². The Kier molecular flexibility index (Phi) is 4.91. The predicted octanol–water partition coefficient (Wildman–Crippen LogP) is 4.85. The van der Waals surface area contributed by atoms with E-state index in [1.807, 2.05) is 37.4 Å². The first kappa shape index (κ1) is 18.6. The maximum Gasteiger partial charge on any atom is 0.259 e. The van der Waals surface area contributed by atoms with Gasteiger partial charge in [-0.1, -0.05) is 36.4 Å². The highest BCUT2D eigenvalue weighted by molar-refractivity contribution is 6.03. The Hall–Kier alpha value is -3.80. The summed E-state index contributed by atoms with van der Waals surface area (Å²) in [4.78, 5) is 16.5. The van der Waals surface area contributed by atoms with E-state index >= 15 is 0 Å². The molecule has 0 radical (unpaired) electrons. The molecule has 5 nitrogen and oxygen atoms in total. The molecular weight excluding hydrogens is 367 g/mol. The first-order valence-electron chi connectivity index (χ1n) is 9.15. The standard InChI is InChI=1S/C23H19FN4O/c1-15-7-3-4-8-17(15)20-13-21(28(2)27-20)16-11-12-22(25-14-16)26-23(29)18-9-5-6-10-19(18)24/h3-14H,1-2H3,(H,25,26,29). The zero-order valence-electron chi connectivity index (χ0n) is 16.1. The average Bonchev–Trinajstić information content (AvgIpc) is 3.10. The fourth-order valence-electron chi connectivity index (χ4n) is 3.18. The Morgan fingerprint density at radius 2 is 1.79 bits per heavy atom. The number of halogens is 1. The van der Waals surface area contributed by atoms with Gasteiger partial charge in [0.15, 0.2) is 0 Å². The van der Waals surface area contributed by atoms with Crippen molar-refractivity contribution in [2.75, 3.05) is 5.32 Å². The van der Waals surface area contributed by atoms with E-state index in [4.69, 9.17) is 0 Å². The van der Waals surface area contributed by atoms with Crippen molar-refractivity contribution >= 4 is 11.7 Å². The van der Waals surface area contributed by atoms with E-state index in [-0.39, 0.29) is 5.56 Å². The van der Waals surface area contributed by atoms with E-state index < -0.39 is 11.7 Å². The number of nitrogens with one attached hydrogen (secondary N) is 1. The molecule has 1 N–H and O–H groups in total. The molecule has 4 aromatic rings. The van der Waals surface area contributed by atoms with Crippen molar-refractivity contribution in [3.05, 3.63) is 89.9 Å². The zero-order valence-corrected chi connectivity index (χ0v) is 16.1. The van der Waals surface area contributed by atoms with Gasteiger partial charge < -0.3 is 5.32 Å². The molecule has 0 spiro atoms. The van der Waals surface area contributed by atoms with Crippen LogP contribution in [0, 0.1) is 12.7 Å². The van der Waals surface area contributed by atoms with Gasteiger partial charge in [-0.2, -0.15) is 5.10 Å². The molecule has 0 aliphatic carbocycles. The number of benzene rings is 2. The number of carbonyl (C=O) groups excluding carboxylic acids is 1. The molecule has 6 heteroatoms. The molecule has 0 bridgehead atoms. The van der Waals surface area contributed by atoms with Crippen LogP contribution >= 0.6 is 0 Å². The molecule has 0 saturated carbocycles. The smallest absolute Gasteiger partial charge is 0.259 e. The molecule has 0 fully saturated rings. The molecule has 2 aromatic heterocycles. The second-order valence-electron chi connectivity index (χ2n) is 6.72. The van der Waals surface area contributed by atoms with Crippen LogP contribution in [0.25, 0.3) is 22.5 Å². The lowest BCUT2D eigenvalue weighted by atomic mass is 10.1. The van der Waals surface area contributed by atoms with Crippen LogP contribution in [0.15, 0.2) is 72.9 Å². The van der Waals surface area contributed by atoms with Crippen molar-refractivity contribution in [2.45, 2.75) is 6.92 Å². The van der Waals surface area contributed by atoms with Gasteiger partial charge in [-0.25, -0.2) is 9.37 Å². The van der Waals surface area contributed by atoms with Crippen LogP contribution < -0.4 is 5.32 Å². The summed E-state index contributed by atoms with van der Waals surface area (Å²) in [5, 5.41) is 7.23. The van der Waals surface area contributed by atoms with Crippen LogP contribution in [0.3, 0.4) is 0 Å². The van der Waals surface area contributed by atoms with Crippen LogP contribution in [0.1, 0.15) is 15.9 Å². The van der Waals surface area contributed by atoms with E-state index in [1.165, 1.54) is 18.2 Å². The van der Waals surface area contributed by atoms with E-state index in [1.54, 1.807) is 23.0 Å². The predicted molar refractivity (Wildman–Crippen MR) is 111 cm³/mol. The first-order chi connectivity index (χ1) is 14.0. The molecule has 0 atom stereocenters. The second-order valence-corrected chi connectivity index (χ2v) is 6.72. The molecule has 29 heavy (non-hydrogen) atoms.